The standard InChI is InChI=1S/C16H22ClN3O/c1-5-20-14-7-6-12(17)10-13(14)11(2)15(20)16(21)18-8-9-19(3)4/h6-7,10H,5,8-9H2,1-4H3,(H,18,21). The molecule has 0 bridgehead atoms. The number of aryl methyl sites for hydroxylation is 2. The van der Waals surface area contributed by atoms with Crippen molar-refractivity contribution >= 4 is 28.4 Å². The van der Waals surface area contributed by atoms with Crippen LogP contribution >= 0.6 is 11.6 Å². The Morgan fingerprint density at radius 1 is 1.38 bits per heavy atom. The molecular formula is C16H22ClN3O. The molecular weight excluding hydrogens is 286 g/mol. The van der Waals surface area contributed by atoms with Crippen molar-refractivity contribution in [1.82, 2.24) is 14.8 Å². The van der Waals surface area contributed by atoms with Crippen molar-refractivity contribution in [2.75, 3.05) is 27.2 Å². The van der Waals surface area contributed by atoms with Crippen LogP contribution in [-0.2, 0) is 6.54 Å². The molecule has 0 atom stereocenters. The lowest BCUT2D eigenvalue weighted by Crippen LogP contribution is -2.32. The molecule has 1 heterocycles. The van der Waals surface area contributed by atoms with Gasteiger partial charge >= 0.3 is 0 Å². The van der Waals surface area contributed by atoms with Gasteiger partial charge in [0.2, 0.25) is 0 Å². The van der Waals surface area contributed by atoms with E-state index in [0.717, 1.165) is 35.2 Å². The summed E-state index contributed by atoms with van der Waals surface area (Å²) in [5.74, 6) is -0.0245. The Kier molecular flexibility index (Phi) is 4.91. The van der Waals surface area contributed by atoms with Gasteiger partial charge in [-0.1, -0.05) is 11.6 Å². The van der Waals surface area contributed by atoms with E-state index in [9.17, 15) is 4.79 Å². The molecule has 1 aromatic carbocycles. The molecule has 2 rings (SSSR count). The first-order valence-corrected chi connectivity index (χ1v) is 7.54. The first-order valence-electron chi connectivity index (χ1n) is 7.17. The van der Waals surface area contributed by atoms with Gasteiger partial charge in [0.05, 0.1) is 0 Å². The molecule has 0 radical (unpaired) electrons. The molecule has 0 unspecified atom stereocenters. The van der Waals surface area contributed by atoms with Crippen molar-refractivity contribution < 1.29 is 4.79 Å². The third-order valence-corrected chi connectivity index (χ3v) is 3.89. The second-order valence-corrected chi connectivity index (χ2v) is 5.87. The van der Waals surface area contributed by atoms with Crippen molar-refractivity contribution in [3.8, 4) is 0 Å². The summed E-state index contributed by atoms with van der Waals surface area (Å²) in [4.78, 5) is 14.5. The Hall–Kier alpha value is -1.52. The average molecular weight is 308 g/mol. The normalized spacial score (nSPS) is 11.3. The summed E-state index contributed by atoms with van der Waals surface area (Å²) in [6, 6.07) is 5.77. The van der Waals surface area contributed by atoms with E-state index in [1.54, 1.807) is 0 Å². The van der Waals surface area contributed by atoms with Crippen LogP contribution in [0, 0.1) is 6.92 Å². The number of benzene rings is 1. The van der Waals surface area contributed by atoms with E-state index in [1.165, 1.54) is 0 Å². The fourth-order valence-electron chi connectivity index (χ4n) is 2.59. The third kappa shape index (κ3) is 3.22. The van der Waals surface area contributed by atoms with Crippen LogP contribution in [-0.4, -0.2) is 42.6 Å². The number of nitrogens with zero attached hydrogens (tertiary/aromatic N) is 2. The number of rotatable bonds is 5. The largest absolute Gasteiger partial charge is 0.349 e. The Morgan fingerprint density at radius 2 is 2.10 bits per heavy atom. The number of nitrogens with one attached hydrogen (secondary N) is 1. The number of amides is 1. The first kappa shape index (κ1) is 15.9. The summed E-state index contributed by atoms with van der Waals surface area (Å²) >= 11 is 6.08. The van der Waals surface area contributed by atoms with E-state index in [2.05, 4.69) is 5.32 Å². The number of likely N-dealkylation sites (N-methyl/N-ethyl adjacent to an activating group) is 1. The highest BCUT2D eigenvalue weighted by Gasteiger charge is 2.19. The quantitative estimate of drug-likeness (QED) is 0.922. The van der Waals surface area contributed by atoms with E-state index >= 15 is 0 Å². The molecule has 1 amide bonds. The Balaban J connectivity index is 2.38. The predicted molar refractivity (Wildman–Crippen MR) is 88.2 cm³/mol. The molecule has 5 heteroatoms. The van der Waals surface area contributed by atoms with E-state index in [4.69, 9.17) is 11.6 Å². The van der Waals surface area contributed by atoms with Gasteiger partial charge in [0.15, 0.2) is 0 Å². The van der Waals surface area contributed by atoms with E-state index < -0.39 is 0 Å². The SMILES string of the molecule is CCn1c(C(=O)NCCN(C)C)c(C)c2cc(Cl)ccc21. The molecule has 0 aliphatic carbocycles. The number of hydrogen-bond acceptors (Lipinski definition) is 2. The molecule has 21 heavy (non-hydrogen) atoms. The molecule has 2 aromatic rings. The van der Waals surface area contributed by atoms with Crippen LogP contribution < -0.4 is 5.32 Å². The van der Waals surface area contributed by atoms with Crippen LogP contribution in [0.1, 0.15) is 23.0 Å². The molecule has 114 valence electrons. The monoisotopic (exact) mass is 307 g/mol. The van der Waals surface area contributed by atoms with Crippen LogP contribution in [0.3, 0.4) is 0 Å². The van der Waals surface area contributed by atoms with Crippen LogP contribution in [0.5, 0.6) is 0 Å². The molecule has 0 aliphatic rings. The van der Waals surface area contributed by atoms with Crippen LogP contribution in [0.4, 0.5) is 0 Å². The summed E-state index contributed by atoms with van der Waals surface area (Å²) in [6.45, 7) is 6.23. The van der Waals surface area contributed by atoms with Gasteiger partial charge in [-0.3, -0.25) is 4.79 Å². The fraction of sp³-hybridized carbons (Fsp3) is 0.438. The highest BCUT2D eigenvalue weighted by Crippen LogP contribution is 2.28. The number of halogens is 1. The zero-order chi connectivity index (χ0) is 15.6. The van der Waals surface area contributed by atoms with Crippen LogP contribution in [0.25, 0.3) is 10.9 Å². The summed E-state index contributed by atoms with van der Waals surface area (Å²) in [5.41, 5.74) is 2.77. The molecule has 4 nitrogen and oxygen atoms in total. The van der Waals surface area contributed by atoms with Crippen molar-refractivity contribution in [1.29, 1.82) is 0 Å². The lowest BCUT2D eigenvalue weighted by Gasteiger charge is -2.12. The maximum Gasteiger partial charge on any atom is 0.268 e. The number of hydrogen-bond donors (Lipinski definition) is 1. The zero-order valence-electron chi connectivity index (χ0n) is 13.0. The van der Waals surface area contributed by atoms with Crippen molar-refractivity contribution in [2.45, 2.75) is 20.4 Å². The molecule has 1 N–H and O–H groups in total. The van der Waals surface area contributed by atoms with Gasteiger partial charge in [0.25, 0.3) is 5.91 Å². The van der Waals surface area contributed by atoms with Crippen molar-refractivity contribution in [3.63, 3.8) is 0 Å². The van der Waals surface area contributed by atoms with Gasteiger partial charge in [-0.25, -0.2) is 0 Å². The van der Waals surface area contributed by atoms with Gasteiger partial charge in [-0.2, -0.15) is 0 Å². The molecule has 0 saturated heterocycles. The average Bonchev–Trinajstić information content (AvgIpc) is 2.70. The first-order chi connectivity index (χ1) is 9.95. The summed E-state index contributed by atoms with van der Waals surface area (Å²) in [7, 11) is 3.98. The lowest BCUT2D eigenvalue weighted by molar-refractivity contribution is 0.0941. The van der Waals surface area contributed by atoms with E-state index in [0.29, 0.717) is 11.6 Å². The second-order valence-electron chi connectivity index (χ2n) is 5.44. The highest BCUT2D eigenvalue weighted by atomic mass is 35.5. The maximum absolute atomic E-state index is 12.5. The number of carbonyl (C=O) groups is 1. The van der Waals surface area contributed by atoms with Crippen molar-refractivity contribution in [2.24, 2.45) is 0 Å². The van der Waals surface area contributed by atoms with E-state index in [-0.39, 0.29) is 5.91 Å². The van der Waals surface area contributed by atoms with Crippen LogP contribution in [0.15, 0.2) is 18.2 Å². The van der Waals surface area contributed by atoms with Gasteiger partial charge in [-0.15, -0.1) is 0 Å². The molecule has 0 spiro atoms. The molecule has 0 fully saturated rings. The number of fused-ring (bicyclic) bond motifs is 1. The molecule has 0 aliphatic heterocycles. The Labute approximate surface area is 130 Å². The minimum Gasteiger partial charge on any atom is -0.349 e. The molecule has 1 aromatic heterocycles. The van der Waals surface area contributed by atoms with E-state index in [1.807, 2.05) is 55.6 Å². The zero-order valence-corrected chi connectivity index (χ0v) is 13.8. The Bertz CT molecular complexity index is 661. The maximum atomic E-state index is 12.5. The van der Waals surface area contributed by atoms with Gasteiger partial charge in [-0.05, 0) is 51.7 Å². The number of aromatic nitrogens is 1. The van der Waals surface area contributed by atoms with Crippen molar-refractivity contribution in [3.05, 3.63) is 34.5 Å². The Morgan fingerprint density at radius 3 is 2.71 bits per heavy atom. The molecule has 0 saturated carbocycles. The smallest absolute Gasteiger partial charge is 0.268 e. The van der Waals surface area contributed by atoms with Gasteiger partial charge < -0.3 is 14.8 Å². The minimum absolute atomic E-state index is 0.0245. The second kappa shape index (κ2) is 6.50. The van der Waals surface area contributed by atoms with Gasteiger partial charge in [0.1, 0.15) is 5.69 Å². The fourth-order valence-corrected chi connectivity index (χ4v) is 2.76. The minimum atomic E-state index is -0.0245. The van der Waals surface area contributed by atoms with Gasteiger partial charge in [0, 0.05) is 35.6 Å². The highest BCUT2D eigenvalue weighted by molar-refractivity contribution is 6.31. The number of carbonyl (C=O) groups excluding carboxylic acids is 1. The lowest BCUT2D eigenvalue weighted by atomic mass is 10.1. The topological polar surface area (TPSA) is 37.3 Å². The summed E-state index contributed by atoms with van der Waals surface area (Å²) < 4.78 is 2.05. The summed E-state index contributed by atoms with van der Waals surface area (Å²) in [6.07, 6.45) is 0. The third-order valence-electron chi connectivity index (χ3n) is 3.65. The van der Waals surface area contributed by atoms with Crippen LogP contribution in [0.2, 0.25) is 5.02 Å². The predicted octanol–water partition coefficient (Wildman–Crippen LogP) is 2.91. The summed E-state index contributed by atoms with van der Waals surface area (Å²) in [5, 5.41) is 4.72.